The first-order chi connectivity index (χ1) is 7.22. The fourth-order valence-corrected chi connectivity index (χ4v) is 1.83. The Kier molecular flexibility index (Phi) is 3.62. The maximum Gasteiger partial charge on any atom is 0.573 e. The molecule has 2 nitrogen and oxygen atoms in total. The molecule has 0 heterocycles. The third-order valence-electron chi connectivity index (χ3n) is 1.87. The van der Waals surface area contributed by atoms with E-state index in [1.807, 2.05) is 0 Å². The Morgan fingerprint density at radius 2 is 1.94 bits per heavy atom. The van der Waals surface area contributed by atoms with E-state index in [-0.39, 0.29) is 15.6 Å². The lowest BCUT2D eigenvalue weighted by Crippen LogP contribution is -2.19. The summed E-state index contributed by atoms with van der Waals surface area (Å²) in [7, 11) is 0. The summed E-state index contributed by atoms with van der Waals surface area (Å²) in [6, 6.07) is 2.95. The summed E-state index contributed by atoms with van der Waals surface area (Å²) in [6.45, 7) is 2.63. The monoisotopic (exact) mass is 296 g/mol. The molecular formula is C10H8BrF3O2. The van der Waals surface area contributed by atoms with Crippen molar-refractivity contribution in [1.29, 1.82) is 0 Å². The van der Waals surface area contributed by atoms with E-state index in [1.54, 1.807) is 0 Å². The number of alkyl halides is 3. The van der Waals surface area contributed by atoms with Gasteiger partial charge < -0.3 is 4.74 Å². The zero-order valence-electron chi connectivity index (χ0n) is 8.48. The third-order valence-corrected chi connectivity index (χ3v) is 2.53. The molecule has 1 aromatic rings. The van der Waals surface area contributed by atoms with Crippen LogP contribution in [0.25, 0.3) is 0 Å². The number of carbonyl (C=O) groups excluding carboxylic acids is 1. The fourth-order valence-electron chi connectivity index (χ4n) is 1.24. The average Bonchev–Trinajstić information content (AvgIpc) is 2.08. The molecule has 0 saturated carbocycles. The van der Waals surface area contributed by atoms with Gasteiger partial charge in [-0.2, -0.15) is 0 Å². The molecule has 0 bridgehead atoms. The van der Waals surface area contributed by atoms with Crippen LogP contribution in [0.2, 0.25) is 0 Å². The van der Waals surface area contributed by atoms with Gasteiger partial charge in [0.15, 0.2) is 5.78 Å². The molecule has 0 aromatic heterocycles. The molecular weight excluding hydrogens is 289 g/mol. The molecule has 0 amide bonds. The van der Waals surface area contributed by atoms with E-state index in [4.69, 9.17) is 0 Å². The summed E-state index contributed by atoms with van der Waals surface area (Å²) in [6.07, 6.45) is -4.81. The number of benzene rings is 1. The summed E-state index contributed by atoms with van der Waals surface area (Å²) >= 11 is 3.02. The van der Waals surface area contributed by atoms with E-state index >= 15 is 0 Å². The van der Waals surface area contributed by atoms with Gasteiger partial charge in [-0.3, -0.25) is 4.79 Å². The second-order valence-corrected chi connectivity index (χ2v) is 4.03. The van der Waals surface area contributed by atoms with Gasteiger partial charge in [-0.1, -0.05) is 6.07 Å². The molecule has 0 unspecified atom stereocenters. The van der Waals surface area contributed by atoms with Crippen molar-refractivity contribution in [2.45, 2.75) is 20.2 Å². The van der Waals surface area contributed by atoms with Gasteiger partial charge in [-0.15, -0.1) is 13.2 Å². The van der Waals surface area contributed by atoms with E-state index in [0.29, 0.717) is 0 Å². The first-order valence-corrected chi connectivity index (χ1v) is 5.07. The molecule has 16 heavy (non-hydrogen) atoms. The largest absolute Gasteiger partial charge is 0.573 e. The number of aryl methyl sites for hydroxylation is 1. The van der Waals surface area contributed by atoms with Crippen molar-refractivity contribution in [2.24, 2.45) is 0 Å². The molecule has 0 saturated heterocycles. The molecule has 88 valence electrons. The highest BCUT2D eigenvalue weighted by Crippen LogP contribution is 2.34. The maximum atomic E-state index is 12.1. The van der Waals surface area contributed by atoms with E-state index in [0.717, 1.165) is 0 Å². The Labute approximate surface area is 98.5 Å². The molecule has 1 rings (SSSR count). The zero-order chi connectivity index (χ0) is 12.5. The highest BCUT2D eigenvalue weighted by molar-refractivity contribution is 9.10. The molecule has 0 N–H and O–H groups in total. The lowest BCUT2D eigenvalue weighted by atomic mass is 10.1. The predicted molar refractivity (Wildman–Crippen MR) is 55.6 cm³/mol. The number of halogens is 4. The minimum atomic E-state index is -4.81. The van der Waals surface area contributed by atoms with Gasteiger partial charge in [0, 0.05) is 4.47 Å². The molecule has 0 aliphatic carbocycles. The summed E-state index contributed by atoms with van der Waals surface area (Å²) in [4.78, 5) is 11.2. The van der Waals surface area contributed by atoms with Gasteiger partial charge in [0.1, 0.15) is 5.75 Å². The van der Waals surface area contributed by atoms with Gasteiger partial charge in [0.05, 0.1) is 5.56 Å². The van der Waals surface area contributed by atoms with Crippen LogP contribution in [-0.4, -0.2) is 12.1 Å². The Morgan fingerprint density at radius 3 is 2.38 bits per heavy atom. The van der Waals surface area contributed by atoms with Crippen LogP contribution >= 0.6 is 15.9 Å². The van der Waals surface area contributed by atoms with Crippen molar-refractivity contribution < 1.29 is 22.7 Å². The van der Waals surface area contributed by atoms with Crippen LogP contribution in [0.5, 0.6) is 5.75 Å². The summed E-state index contributed by atoms with van der Waals surface area (Å²) in [5.74, 6) is -0.941. The smallest absolute Gasteiger partial charge is 0.405 e. The molecule has 0 atom stereocenters. The van der Waals surface area contributed by atoms with Gasteiger partial charge in [-0.25, -0.2) is 0 Å². The van der Waals surface area contributed by atoms with Crippen molar-refractivity contribution >= 4 is 21.7 Å². The Bertz CT molecular complexity index is 427. The first-order valence-electron chi connectivity index (χ1n) is 4.28. The maximum absolute atomic E-state index is 12.1. The van der Waals surface area contributed by atoms with Gasteiger partial charge in [0.25, 0.3) is 0 Å². The van der Waals surface area contributed by atoms with Crippen molar-refractivity contribution in [3.8, 4) is 5.75 Å². The molecule has 6 heteroatoms. The van der Waals surface area contributed by atoms with E-state index in [9.17, 15) is 18.0 Å². The highest BCUT2D eigenvalue weighted by Gasteiger charge is 2.33. The molecule has 0 aliphatic rings. The number of ether oxygens (including phenoxy) is 1. The standard InChI is InChI=1S/C10H8BrF3O2/c1-5-3-4-7(11)8(6(2)15)9(5)16-10(12,13)14/h3-4H,1-2H3. The van der Waals surface area contributed by atoms with Crippen LogP contribution in [0.4, 0.5) is 13.2 Å². The SMILES string of the molecule is CC(=O)c1c(Br)ccc(C)c1OC(F)(F)F. The van der Waals surface area contributed by atoms with Gasteiger partial charge >= 0.3 is 6.36 Å². The number of rotatable bonds is 2. The van der Waals surface area contributed by atoms with Gasteiger partial charge in [0.2, 0.25) is 0 Å². The van der Waals surface area contributed by atoms with Crippen molar-refractivity contribution in [3.05, 3.63) is 27.7 Å². The first kappa shape index (κ1) is 13.0. The van der Waals surface area contributed by atoms with E-state index in [2.05, 4.69) is 20.7 Å². The number of ketones is 1. The third kappa shape index (κ3) is 2.98. The van der Waals surface area contributed by atoms with Crippen LogP contribution in [0.3, 0.4) is 0 Å². The van der Waals surface area contributed by atoms with Crippen LogP contribution in [0, 0.1) is 6.92 Å². The van der Waals surface area contributed by atoms with Crippen LogP contribution in [0.15, 0.2) is 16.6 Å². The number of Topliss-reactive ketones (excluding diaryl/α,β-unsaturated/α-hetero) is 1. The fraction of sp³-hybridized carbons (Fsp3) is 0.300. The Hall–Kier alpha value is -1.04. The molecule has 0 spiro atoms. The molecule has 0 radical (unpaired) electrons. The quantitative estimate of drug-likeness (QED) is 0.775. The Morgan fingerprint density at radius 1 is 1.38 bits per heavy atom. The average molecular weight is 297 g/mol. The molecule has 1 aromatic carbocycles. The second kappa shape index (κ2) is 4.45. The lowest BCUT2D eigenvalue weighted by Gasteiger charge is -2.15. The highest BCUT2D eigenvalue weighted by atomic mass is 79.9. The van der Waals surface area contributed by atoms with Crippen LogP contribution < -0.4 is 4.74 Å². The summed E-state index contributed by atoms with van der Waals surface area (Å²) < 4.78 is 40.6. The normalized spacial score (nSPS) is 11.4. The number of hydrogen-bond donors (Lipinski definition) is 0. The van der Waals surface area contributed by atoms with Gasteiger partial charge in [-0.05, 0) is 41.4 Å². The number of carbonyl (C=O) groups is 1. The summed E-state index contributed by atoms with van der Waals surface area (Å²) in [5.41, 5.74) is 0.156. The topological polar surface area (TPSA) is 26.3 Å². The minimum Gasteiger partial charge on any atom is -0.405 e. The lowest BCUT2D eigenvalue weighted by molar-refractivity contribution is -0.274. The Balaban J connectivity index is 3.35. The van der Waals surface area contributed by atoms with E-state index in [1.165, 1.54) is 26.0 Å². The second-order valence-electron chi connectivity index (χ2n) is 3.17. The number of hydrogen-bond acceptors (Lipinski definition) is 2. The van der Waals surface area contributed by atoms with E-state index < -0.39 is 17.9 Å². The summed E-state index contributed by atoms with van der Waals surface area (Å²) in [5, 5.41) is 0. The zero-order valence-corrected chi connectivity index (χ0v) is 10.1. The van der Waals surface area contributed by atoms with Crippen LogP contribution in [0.1, 0.15) is 22.8 Å². The van der Waals surface area contributed by atoms with Crippen molar-refractivity contribution in [2.75, 3.05) is 0 Å². The molecule has 0 aliphatic heterocycles. The molecule has 0 fully saturated rings. The van der Waals surface area contributed by atoms with Crippen LogP contribution in [-0.2, 0) is 0 Å². The van der Waals surface area contributed by atoms with Crippen molar-refractivity contribution in [3.63, 3.8) is 0 Å². The minimum absolute atomic E-state index is 0.0997. The predicted octanol–water partition coefficient (Wildman–Crippen LogP) is 3.86. The van der Waals surface area contributed by atoms with Crippen molar-refractivity contribution in [1.82, 2.24) is 0 Å².